The van der Waals surface area contributed by atoms with Crippen LogP contribution >= 0.6 is 0 Å². The molecule has 0 amide bonds. The highest BCUT2D eigenvalue weighted by atomic mass is 19.1. The Labute approximate surface area is 60.8 Å². The van der Waals surface area contributed by atoms with Gasteiger partial charge in [-0.05, 0) is 13.0 Å². The average Bonchev–Trinajstić information content (AvgIpc) is 1.99. The maximum Gasteiger partial charge on any atom is 0.162 e. The van der Waals surface area contributed by atoms with Crippen molar-refractivity contribution in [3.8, 4) is 0 Å². The molecule has 0 aliphatic rings. The van der Waals surface area contributed by atoms with Gasteiger partial charge in [0.2, 0.25) is 0 Å². The highest BCUT2D eigenvalue weighted by Gasteiger charge is 1.96. The molecular weight excluding hydrogens is 131 g/mol. The lowest BCUT2D eigenvalue weighted by atomic mass is 10.5. The first-order valence-electron chi connectivity index (χ1n) is 3.20. The lowest BCUT2D eigenvalue weighted by Gasteiger charge is -2.07. The van der Waals surface area contributed by atoms with Crippen LogP contribution in [0, 0.1) is 0 Å². The quantitative estimate of drug-likeness (QED) is 0.578. The van der Waals surface area contributed by atoms with Gasteiger partial charge in [0.25, 0.3) is 0 Å². The van der Waals surface area contributed by atoms with E-state index in [0.717, 1.165) is 6.08 Å². The van der Waals surface area contributed by atoms with Gasteiger partial charge in [-0.15, -0.1) is 0 Å². The summed E-state index contributed by atoms with van der Waals surface area (Å²) in [5, 5.41) is 5.48. The predicted octanol–water partition coefficient (Wildman–Crippen LogP) is 1.14. The standard InChI is InChI=1S/C7H13FN2/c1-4-6(8)7(9-3)10-5-2/h4,9-10H,1,5H2,2-3H3/b7-6+. The molecule has 0 heterocycles. The minimum absolute atomic E-state index is 0.357. The van der Waals surface area contributed by atoms with E-state index in [1.807, 2.05) is 6.92 Å². The molecule has 3 heteroatoms. The van der Waals surface area contributed by atoms with Crippen LogP contribution in [0.3, 0.4) is 0 Å². The van der Waals surface area contributed by atoms with E-state index in [1.54, 1.807) is 7.05 Å². The minimum atomic E-state index is -0.357. The summed E-state index contributed by atoms with van der Waals surface area (Å²) in [7, 11) is 1.65. The predicted molar refractivity (Wildman–Crippen MR) is 41.1 cm³/mol. The summed E-state index contributed by atoms with van der Waals surface area (Å²) in [6, 6.07) is 0. The third-order valence-electron chi connectivity index (χ3n) is 1.02. The summed E-state index contributed by atoms with van der Waals surface area (Å²) in [4.78, 5) is 0. The highest BCUT2D eigenvalue weighted by molar-refractivity contribution is 5.14. The van der Waals surface area contributed by atoms with Crippen molar-refractivity contribution in [3.63, 3.8) is 0 Å². The number of allylic oxidation sites excluding steroid dienone is 2. The fraction of sp³-hybridized carbons (Fsp3) is 0.429. The van der Waals surface area contributed by atoms with Crippen molar-refractivity contribution >= 4 is 0 Å². The van der Waals surface area contributed by atoms with Crippen LogP contribution in [0.1, 0.15) is 6.92 Å². The van der Waals surface area contributed by atoms with Gasteiger partial charge in [0, 0.05) is 13.6 Å². The highest BCUT2D eigenvalue weighted by Crippen LogP contribution is 1.99. The fourth-order valence-corrected chi connectivity index (χ4v) is 0.571. The number of nitrogens with one attached hydrogen (secondary N) is 2. The van der Waals surface area contributed by atoms with E-state index in [2.05, 4.69) is 17.2 Å². The lowest BCUT2D eigenvalue weighted by Crippen LogP contribution is -2.24. The molecule has 0 aliphatic heterocycles. The van der Waals surface area contributed by atoms with E-state index in [1.165, 1.54) is 0 Å². The van der Waals surface area contributed by atoms with Gasteiger partial charge in [-0.1, -0.05) is 6.58 Å². The van der Waals surface area contributed by atoms with Gasteiger partial charge in [0.05, 0.1) is 0 Å². The SMILES string of the molecule is C=C/C(F)=C(/NC)NCC. The Morgan fingerprint density at radius 2 is 2.30 bits per heavy atom. The maximum atomic E-state index is 12.6. The van der Waals surface area contributed by atoms with Crippen molar-refractivity contribution in [1.82, 2.24) is 10.6 Å². The molecule has 0 rings (SSSR count). The Balaban J connectivity index is 4.13. The Hall–Kier alpha value is -0.990. The van der Waals surface area contributed by atoms with Crippen molar-refractivity contribution in [2.24, 2.45) is 0 Å². The largest absolute Gasteiger partial charge is 0.373 e. The Bertz CT molecular complexity index is 141. The van der Waals surface area contributed by atoms with E-state index in [4.69, 9.17) is 0 Å². The van der Waals surface area contributed by atoms with Crippen LogP contribution < -0.4 is 10.6 Å². The molecule has 0 aromatic heterocycles. The van der Waals surface area contributed by atoms with Crippen LogP contribution in [0.25, 0.3) is 0 Å². The van der Waals surface area contributed by atoms with Crippen molar-refractivity contribution in [3.05, 3.63) is 24.3 Å². The van der Waals surface area contributed by atoms with Crippen molar-refractivity contribution < 1.29 is 4.39 Å². The molecule has 0 aliphatic carbocycles. The first kappa shape index (κ1) is 9.01. The second-order valence-electron chi connectivity index (χ2n) is 1.71. The summed E-state index contributed by atoms with van der Waals surface area (Å²) < 4.78 is 12.6. The normalized spacial score (nSPS) is 11.9. The lowest BCUT2D eigenvalue weighted by molar-refractivity contribution is 0.609. The van der Waals surface area contributed by atoms with Crippen molar-refractivity contribution in [1.29, 1.82) is 0 Å². The van der Waals surface area contributed by atoms with Crippen LogP contribution in [0.15, 0.2) is 24.3 Å². The molecule has 2 nitrogen and oxygen atoms in total. The Morgan fingerprint density at radius 3 is 2.60 bits per heavy atom. The number of halogens is 1. The topological polar surface area (TPSA) is 24.1 Å². The van der Waals surface area contributed by atoms with E-state index >= 15 is 0 Å². The molecular formula is C7H13FN2. The smallest absolute Gasteiger partial charge is 0.162 e. The van der Waals surface area contributed by atoms with Crippen molar-refractivity contribution in [2.45, 2.75) is 6.92 Å². The number of hydrogen-bond donors (Lipinski definition) is 2. The summed E-state index contributed by atoms with van der Waals surface area (Å²) in [6.07, 6.45) is 1.16. The fourth-order valence-electron chi connectivity index (χ4n) is 0.571. The van der Waals surface area contributed by atoms with Gasteiger partial charge in [-0.2, -0.15) is 0 Å². The first-order chi connectivity index (χ1) is 4.76. The molecule has 0 aromatic carbocycles. The van der Waals surface area contributed by atoms with E-state index < -0.39 is 0 Å². The van der Waals surface area contributed by atoms with Crippen LogP contribution in [0.2, 0.25) is 0 Å². The average molecular weight is 144 g/mol. The number of hydrogen-bond acceptors (Lipinski definition) is 2. The molecule has 10 heavy (non-hydrogen) atoms. The molecule has 0 radical (unpaired) electrons. The molecule has 0 fully saturated rings. The van der Waals surface area contributed by atoms with Crippen LogP contribution in [-0.4, -0.2) is 13.6 Å². The minimum Gasteiger partial charge on any atom is -0.373 e. The third-order valence-corrected chi connectivity index (χ3v) is 1.02. The molecule has 0 unspecified atom stereocenters. The zero-order valence-corrected chi connectivity index (χ0v) is 6.37. The summed E-state index contributed by atoms with van der Waals surface area (Å²) in [6.45, 7) is 5.89. The summed E-state index contributed by atoms with van der Waals surface area (Å²) in [5.74, 6) is 0.0295. The molecule has 0 saturated carbocycles. The third kappa shape index (κ3) is 2.53. The van der Waals surface area contributed by atoms with Crippen LogP contribution in [-0.2, 0) is 0 Å². The Kier molecular flexibility index (Phi) is 4.37. The van der Waals surface area contributed by atoms with Gasteiger partial charge in [-0.3, -0.25) is 0 Å². The molecule has 0 atom stereocenters. The monoisotopic (exact) mass is 144 g/mol. The zero-order chi connectivity index (χ0) is 7.98. The van der Waals surface area contributed by atoms with Crippen LogP contribution in [0.5, 0.6) is 0 Å². The first-order valence-corrected chi connectivity index (χ1v) is 3.20. The van der Waals surface area contributed by atoms with Gasteiger partial charge in [0.15, 0.2) is 5.83 Å². The summed E-state index contributed by atoms with van der Waals surface area (Å²) >= 11 is 0. The molecule has 0 spiro atoms. The molecule has 0 bridgehead atoms. The second kappa shape index (κ2) is 4.85. The van der Waals surface area contributed by atoms with E-state index in [0.29, 0.717) is 12.4 Å². The molecule has 0 saturated heterocycles. The summed E-state index contributed by atoms with van der Waals surface area (Å²) in [5.41, 5.74) is 0. The Morgan fingerprint density at radius 1 is 1.70 bits per heavy atom. The molecule has 58 valence electrons. The van der Waals surface area contributed by atoms with E-state index in [-0.39, 0.29) is 5.83 Å². The second-order valence-corrected chi connectivity index (χ2v) is 1.71. The molecule has 2 N–H and O–H groups in total. The van der Waals surface area contributed by atoms with Gasteiger partial charge in [0.1, 0.15) is 5.82 Å². The van der Waals surface area contributed by atoms with Gasteiger partial charge in [-0.25, -0.2) is 4.39 Å². The maximum absolute atomic E-state index is 12.6. The van der Waals surface area contributed by atoms with E-state index in [9.17, 15) is 4.39 Å². The zero-order valence-electron chi connectivity index (χ0n) is 6.37. The van der Waals surface area contributed by atoms with Crippen molar-refractivity contribution in [2.75, 3.05) is 13.6 Å². The number of rotatable bonds is 4. The van der Waals surface area contributed by atoms with Gasteiger partial charge < -0.3 is 10.6 Å². The molecule has 0 aromatic rings. The van der Waals surface area contributed by atoms with Crippen LogP contribution in [0.4, 0.5) is 4.39 Å². The van der Waals surface area contributed by atoms with Gasteiger partial charge >= 0.3 is 0 Å².